The number of halogens is 4. The molecule has 6 nitrogen and oxygen atoms in total. The van der Waals surface area contributed by atoms with Crippen LogP contribution in [0, 0.1) is 0 Å². The van der Waals surface area contributed by atoms with Crippen molar-refractivity contribution in [1.82, 2.24) is 9.47 Å². The van der Waals surface area contributed by atoms with Crippen molar-refractivity contribution in [1.29, 1.82) is 0 Å². The van der Waals surface area contributed by atoms with Crippen LogP contribution in [0.5, 0.6) is 5.75 Å². The van der Waals surface area contributed by atoms with Crippen molar-refractivity contribution in [2.75, 3.05) is 25.5 Å². The molecule has 0 unspecified atom stereocenters. The molecule has 0 saturated carbocycles. The normalized spacial score (nSPS) is 11.2. The number of likely N-dealkylation sites (N-methyl/N-ethyl adjacent to an activating group) is 1. The second kappa shape index (κ2) is 9.99. The molecule has 3 aromatic rings. The van der Waals surface area contributed by atoms with E-state index in [1.807, 2.05) is 12.1 Å². The van der Waals surface area contributed by atoms with Crippen molar-refractivity contribution in [3.8, 4) is 11.4 Å². The van der Waals surface area contributed by atoms with Crippen LogP contribution in [0.15, 0.2) is 60.9 Å². The van der Waals surface area contributed by atoms with Crippen LogP contribution in [0.4, 0.5) is 18.9 Å². The lowest BCUT2D eigenvalue weighted by molar-refractivity contribution is -0.137. The number of para-hydroxylation sites is 1. The SMILES string of the molecule is CCN(CC(=O)Nc1ccccc1C(F)(F)F)C(=O)c1cc(Cl)c(-n2cccc2)cc1OC. The van der Waals surface area contributed by atoms with Gasteiger partial charge in [0.15, 0.2) is 0 Å². The molecule has 3 rings (SSSR count). The molecule has 0 fully saturated rings. The Labute approximate surface area is 193 Å². The number of methoxy groups -OCH3 is 1. The first-order valence-electron chi connectivity index (χ1n) is 9.92. The summed E-state index contributed by atoms with van der Waals surface area (Å²) in [5.74, 6) is -1.07. The number of ether oxygens (including phenoxy) is 1. The lowest BCUT2D eigenvalue weighted by Crippen LogP contribution is -2.38. The molecule has 10 heteroatoms. The highest BCUT2D eigenvalue weighted by Gasteiger charge is 2.33. The fraction of sp³-hybridized carbons (Fsp3) is 0.217. The molecular weight excluding hydrogens is 459 g/mol. The van der Waals surface area contributed by atoms with E-state index >= 15 is 0 Å². The first kappa shape index (κ1) is 24.2. The van der Waals surface area contributed by atoms with Crippen LogP contribution in [0.2, 0.25) is 5.02 Å². The topological polar surface area (TPSA) is 63.6 Å². The van der Waals surface area contributed by atoms with Crippen molar-refractivity contribution in [3.05, 3.63) is 77.1 Å². The predicted octanol–water partition coefficient (Wildman–Crippen LogP) is 5.26. The molecular formula is C23H21ClF3N3O3. The number of aromatic nitrogens is 1. The minimum atomic E-state index is -4.63. The second-order valence-corrected chi connectivity index (χ2v) is 7.41. The number of nitrogens with zero attached hydrogens (tertiary/aromatic N) is 2. The molecule has 1 heterocycles. The van der Waals surface area contributed by atoms with Gasteiger partial charge in [-0.1, -0.05) is 23.7 Å². The molecule has 2 aromatic carbocycles. The molecule has 0 spiro atoms. The third kappa shape index (κ3) is 5.48. The number of amides is 2. The number of hydrogen-bond acceptors (Lipinski definition) is 3. The molecule has 0 saturated heterocycles. The molecule has 0 radical (unpaired) electrons. The molecule has 0 aliphatic rings. The van der Waals surface area contributed by atoms with Crippen LogP contribution in [-0.2, 0) is 11.0 Å². The van der Waals surface area contributed by atoms with Gasteiger partial charge >= 0.3 is 6.18 Å². The van der Waals surface area contributed by atoms with Crippen LogP contribution in [0.1, 0.15) is 22.8 Å². The Kier molecular flexibility index (Phi) is 7.33. The molecule has 1 aromatic heterocycles. The number of anilines is 1. The monoisotopic (exact) mass is 479 g/mol. The smallest absolute Gasteiger partial charge is 0.418 e. The van der Waals surface area contributed by atoms with Gasteiger partial charge in [0.1, 0.15) is 12.3 Å². The van der Waals surface area contributed by atoms with E-state index in [0.717, 1.165) is 12.1 Å². The van der Waals surface area contributed by atoms with E-state index < -0.39 is 30.1 Å². The lowest BCUT2D eigenvalue weighted by atomic mass is 10.1. The van der Waals surface area contributed by atoms with Crippen molar-refractivity contribution in [3.63, 3.8) is 0 Å². The van der Waals surface area contributed by atoms with Crippen molar-refractivity contribution in [2.45, 2.75) is 13.1 Å². The minimum Gasteiger partial charge on any atom is -0.496 e. The van der Waals surface area contributed by atoms with E-state index in [2.05, 4.69) is 5.32 Å². The molecule has 0 bridgehead atoms. The largest absolute Gasteiger partial charge is 0.496 e. The number of hydrogen-bond donors (Lipinski definition) is 1. The van der Waals surface area contributed by atoms with Gasteiger partial charge in [0.05, 0.1) is 34.6 Å². The van der Waals surface area contributed by atoms with Crippen molar-refractivity contribution < 1.29 is 27.5 Å². The van der Waals surface area contributed by atoms with Crippen LogP contribution in [0.3, 0.4) is 0 Å². The average Bonchev–Trinajstić information content (AvgIpc) is 3.31. The predicted molar refractivity (Wildman–Crippen MR) is 119 cm³/mol. The van der Waals surface area contributed by atoms with Gasteiger partial charge < -0.3 is 19.5 Å². The summed E-state index contributed by atoms with van der Waals surface area (Å²) in [5, 5.41) is 2.53. The molecule has 0 aliphatic heterocycles. The van der Waals surface area contributed by atoms with Gasteiger partial charge in [-0.3, -0.25) is 9.59 Å². The summed E-state index contributed by atoms with van der Waals surface area (Å²) in [6.07, 6.45) is -1.07. The summed E-state index contributed by atoms with van der Waals surface area (Å²) in [6.45, 7) is 1.33. The second-order valence-electron chi connectivity index (χ2n) is 7.01. The number of alkyl halides is 3. The highest BCUT2D eigenvalue weighted by molar-refractivity contribution is 6.33. The Balaban J connectivity index is 1.82. The van der Waals surface area contributed by atoms with Gasteiger partial charge in [0, 0.05) is 25.0 Å². The van der Waals surface area contributed by atoms with Gasteiger partial charge in [0.2, 0.25) is 5.91 Å². The van der Waals surface area contributed by atoms with Crippen LogP contribution in [0.25, 0.3) is 5.69 Å². The molecule has 0 atom stereocenters. The lowest BCUT2D eigenvalue weighted by Gasteiger charge is -2.23. The number of carbonyl (C=O) groups excluding carboxylic acids is 2. The number of benzene rings is 2. The first-order chi connectivity index (χ1) is 15.7. The Morgan fingerprint density at radius 3 is 2.39 bits per heavy atom. The third-order valence-corrected chi connectivity index (χ3v) is 5.19. The van der Waals surface area contributed by atoms with E-state index in [1.54, 1.807) is 30.0 Å². The summed E-state index contributed by atoms with van der Waals surface area (Å²) < 4.78 is 46.7. The Morgan fingerprint density at radius 2 is 1.79 bits per heavy atom. The quantitative estimate of drug-likeness (QED) is 0.503. The van der Waals surface area contributed by atoms with Gasteiger partial charge in [-0.25, -0.2) is 0 Å². The van der Waals surface area contributed by atoms with Crippen LogP contribution in [-0.4, -0.2) is 41.5 Å². The average molecular weight is 480 g/mol. The highest BCUT2D eigenvalue weighted by atomic mass is 35.5. The number of nitrogens with one attached hydrogen (secondary N) is 1. The van der Waals surface area contributed by atoms with E-state index in [-0.39, 0.29) is 28.6 Å². The molecule has 33 heavy (non-hydrogen) atoms. The Morgan fingerprint density at radius 1 is 1.12 bits per heavy atom. The number of carbonyl (C=O) groups is 2. The van der Waals surface area contributed by atoms with E-state index in [9.17, 15) is 22.8 Å². The summed E-state index contributed by atoms with van der Waals surface area (Å²) in [7, 11) is 1.40. The minimum absolute atomic E-state index is 0.128. The fourth-order valence-corrected chi connectivity index (χ4v) is 3.53. The van der Waals surface area contributed by atoms with Gasteiger partial charge in [-0.05, 0) is 37.3 Å². The summed E-state index contributed by atoms with van der Waals surface area (Å²) >= 11 is 6.38. The maximum Gasteiger partial charge on any atom is 0.418 e. The summed E-state index contributed by atoms with van der Waals surface area (Å²) in [6, 6.07) is 11.3. The maximum atomic E-state index is 13.2. The third-order valence-electron chi connectivity index (χ3n) is 4.89. The zero-order chi connectivity index (χ0) is 24.2. The zero-order valence-electron chi connectivity index (χ0n) is 17.8. The van der Waals surface area contributed by atoms with Gasteiger partial charge in [-0.2, -0.15) is 13.2 Å². The zero-order valence-corrected chi connectivity index (χ0v) is 18.6. The first-order valence-corrected chi connectivity index (χ1v) is 10.3. The van der Waals surface area contributed by atoms with Gasteiger partial charge in [0.25, 0.3) is 5.91 Å². The Bertz CT molecular complexity index is 1150. The van der Waals surface area contributed by atoms with Crippen LogP contribution < -0.4 is 10.1 Å². The maximum absolute atomic E-state index is 13.2. The highest BCUT2D eigenvalue weighted by Crippen LogP contribution is 2.34. The summed E-state index contributed by atoms with van der Waals surface area (Å²) in [5.41, 5.74) is -0.625. The molecule has 0 aliphatic carbocycles. The van der Waals surface area contributed by atoms with Gasteiger partial charge in [-0.15, -0.1) is 0 Å². The molecule has 174 valence electrons. The van der Waals surface area contributed by atoms with E-state index in [1.165, 1.54) is 30.2 Å². The molecule has 1 N–H and O–H groups in total. The molecule has 2 amide bonds. The number of rotatable bonds is 7. The van der Waals surface area contributed by atoms with Crippen LogP contribution >= 0.6 is 11.6 Å². The van der Waals surface area contributed by atoms with Crippen molar-refractivity contribution in [2.24, 2.45) is 0 Å². The summed E-state index contributed by atoms with van der Waals surface area (Å²) in [4.78, 5) is 26.8. The van der Waals surface area contributed by atoms with Crippen molar-refractivity contribution >= 4 is 29.1 Å². The fourth-order valence-electron chi connectivity index (χ4n) is 3.27. The van der Waals surface area contributed by atoms with E-state index in [4.69, 9.17) is 16.3 Å². The standard InChI is InChI=1S/C23H21ClF3N3O3/c1-3-29(14-21(31)28-18-9-5-4-8-16(18)23(25,26)27)22(32)15-12-17(24)19(13-20(15)33-2)30-10-6-7-11-30/h4-13H,3,14H2,1-2H3,(H,28,31). The van der Waals surface area contributed by atoms with E-state index in [0.29, 0.717) is 5.69 Å². The Hall–Kier alpha value is -3.46.